The van der Waals surface area contributed by atoms with Gasteiger partial charge in [0.15, 0.2) is 0 Å². The number of nitrogens with one attached hydrogen (secondary N) is 1. The van der Waals surface area contributed by atoms with Crippen LogP contribution in [0.3, 0.4) is 0 Å². The molecule has 0 aromatic heterocycles. The Labute approximate surface area is 112 Å². The first-order valence-electron chi connectivity index (χ1n) is 7.69. The molecule has 4 bridgehead atoms. The van der Waals surface area contributed by atoms with Gasteiger partial charge in [-0.2, -0.15) is 0 Å². The Kier molecular flexibility index (Phi) is 2.98. The lowest BCUT2D eigenvalue weighted by Crippen LogP contribution is -2.58. The standard InChI is InChI=1S/C17H27N/c1-16(2,3)5-4-6-18-17-10-13-7-14(11-17)9-15(8-13)12-17/h13-15,18H,6-12H2,1-3H3. The Bertz CT molecular complexity index is 341. The Morgan fingerprint density at radius 2 is 1.50 bits per heavy atom. The van der Waals surface area contributed by atoms with Gasteiger partial charge in [-0.05, 0) is 77.0 Å². The van der Waals surface area contributed by atoms with E-state index in [1.54, 1.807) is 0 Å². The molecule has 0 amide bonds. The molecular formula is C17H27N. The van der Waals surface area contributed by atoms with Gasteiger partial charge < -0.3 is 5.32 Å². The van der Waals surface area contributed by atoms with Crippen molar-refractivity contribution in [1.82, 2.24) is 5.32 Å². The van der Waals surface area contributed by atoms with Crippen LogP contribution in [0.4, 0.5) is 0 Å². The van der Waals surface area contributed by atoms with Crippen LogP contribution in [0.2, 0.25) is 0 Å². The molecule has 4 rings (SSSR count). The summed E-state index contributed by atoms with van der Waals surface area (Å²) in [5.74, 6) is 9.76. The van der Waals surface area contributed by atoms with Gasteiger partial charge >= 0.3 is 0 Å². The minimum Gasteiger partial charge on any atom is -0.301 e. The highest BCUT2D eigenvalue weighted by Gasteiger charge is 2.50. The second kappa shape index (κ2) is 4.27. The number of hydrogen-bond acceptors (Lipinski definition) is 1. The first-order chi connectivity index (χ1) is 8.44. The molecule has 100 valence electrons. The van der Waals surface area contributed by atoms with Crippen LogP contribution >= 0.6 is 0 Å². The maximum absolute atomic E-state index is 3.83. The van der Waals surface area contributed by atoms with Gasteiger partial charge in [0.2, 0.25) is 0 Å². The van der Waals surface area contributed by atoms with Crippen LogP contribution in [0.15, 0.2) is 0 Å². The van der Waals surface area contributed by atoms with Crippen LogP contribution in [0.5, 0.6) is 0 Å². The summed E-state index contributed by atoms with van der Waals surface area (Å²) < 4.78 is 0. The quantitative estimate of drug-likeness (QED) is 0.733. The largest absolute Gasteiger partial charge is 0.301 e. The van der Waals surface area contributed by atoms with Gasteiger partial charge in [-0.1, -0.05) is 11.8 Å². The molecule has 0 saturated heterocycles. The molecule has 0 aliphatic heterocycles. The average Bonchev–Trinajstić information content (AvgIpc) is 2.21. The van der Waals surface area contributed by atoms with E-state index in [2.05, 4.69) is 37.9 Å². The fraction of sp³-hybridized carbons (Fsp3) is 0.882. The van der Waals surface area contributed by atoms with Gasteiger partial charge in [-0.15, -0.1) is 0 Å². The van der Waals surface area contributed by atoms with Gasteiger partial charge in [-0.3, -0.25) is 0 Å². The van der Waals surface area contributed by atoms with Gasteiger partial charge in [-0.25, -0.2) is 0 Å². The molecule has 0 aromatic carbocycles. The SMILES string of the molecule is CC(C)(C)C#CCNC12CC3CC(CC(C3)C1)C2. The highest BCUT2D eigenvalue weighted by atomic mass is 15.0. The van der Waals surface area contributed by atoms with E-state index in [9.17, 15) is 0 Å². The van der Waals surface area contributed by atoms with Crippen molar-refractivity contribution in [2.45, 2.75) is 64.8 Å². The maximum Gasteiger partial charge on any atom is 0.0580 e. The van der Waals surface area contributed by atoms with Crippen molar-refractivity contribution >= 4 is 0 Å². The topological polar surface area (TPSA) is 12.0 Å². The monoisotopic (exact) mass is 245 g/mol. The van der Waals surface area contributed by atoms with E-state index in [0.717, 1.165) is 24.3 Å². The first-order valence-corrected chi connectivity index (χ1v) is 7.69. The lowest BCUT2D eigenvalue weighted by atomic mass is 9.53. The Hall–Kier alpha value is -0.480. The number of rotatable bonds is 2. The molecule has 1 heteroatoms. The van der Waals surface area contributed by atoms with Gasteiger partial charge in [0.25, 0.3) is 0 Å². The molecule has 0 atom stereocenters. The fourth-order valence-electron chi connectivity index (χ4n) is 4.87. The molecular weight excluding hydrogens is 218 g/mol. The molecule has 0 heterocycles. The van der Waals surface area contributed by atoms with Crippen LogP contribution in [-0.2, 0) is 0 Å². The first kappa shape index (κ1) is 12.5. The van der Waals surface area contributed by atoms with E-state index in [1.165, 1.54) is 38.5 Å². The second-order valence-electron chi connectivity index (χ2n) is 8.10. The van der Waals surface area contributed by atoms with Crippen molar-refractivity contribution in [2.75, 3.05) is 6.54 Å². The molecule has 1 N–H and O–H groups in total. The summed E-state index contributed by atoms with van der Waals surface area (Å²) in [4.78, 5) is 0. The van der Waals surface area contributed by atoms with E-state index >= 15 is 0 Å². The molecule has 1 nitrogen and oxygen atoms in total. The fourth-order valence-corrected chi connectivity index (χ4v) is 4.87. The molecule has 0 aromatic rings. The Morgan fingerprint density at radius 3 is 1.94 bits per heavy atom. The van der Waals surface area contributed by atoms with Crippen molar-refractivity contribution in [2.24, 2.45) is 23.2 Å². The van der Waals surface area contributed by atoms with Gasteiger partial charge in [0.1, 0.15) is 0 Å². The highest BCUT2D eigenvalue weighted by Crippen LogP contribution is 2.55. The van der Waals surface area contributed by atoms with E-state index in [4.69, 9.17) is 0 Å². The Morgan fingerprint density at radius 1 is 1.00 bits per heavy atom. The average molecular weight is 245 g/mol. The van der Waals surface area contributed by atoms with Crippen molar-refractivity contribution in [3.8, 4) is 11.8 Å². The molecule has 4 fully saturated rings. The zero-order valence-corrected chi connectivity index (χ0v) is 12.2. The molecule has 4 aliphatic carbocycles. The van der Waals surface area contributed by atoms with E-state index in [1.807, 2.05) is 0 Å². The minimum atomic E-state index is 0.142. The molecule has 0 unspecified atom stereocenters. The molecule has 0 radical (unpaired) electrons. The zero-order chi connectivity index (χ0) is 12.8. The summed E-state index contributed by atoms with van der Waals surface area (Å²) in [6.45, 7) is 7.45. The minimum absolute atomic E-state index is 0.142. The summed E-state index contributed by atoms with van der Waals surface area (Å²) in [5, 5.41) is 3.83. The predicted octanol–water partition coefficient (Wildman–Crippen LogP) is 3.59. The smallest absolute Gasteiger partial charge is 0.0580 e. The highest BCUT2D eigenvalue weighted by molar-refractivity contribution is 5.12. The third-order valence-electron chi connectivity index (χ3n) is 5.05. The van der Waals surface area contributed by atoms with Crippen molar-refractivity contribution in [1.29, 1.82) is 0 Å². The van der Waals surface area contributed by atoms with E-state index in [-0.39, 0.29) is 5.41 Å². The lowest BCUT2D eigenvalue weighted by molar-refractivity contribution is -0.0176. The second-order valence-corrected chi connectivity index (χ2v) is 8.10. The normalized spacial score (nSPS) is 41.6. The molecule has 4 saturated carbocycles. The maximum atomic E-state index is 3.83. The summed E-state index contributed by atoms with van der Waals surface area (Å²) in [7, 11) is 0. The predicted molar refractivity (Wildman–Crippen MR) is 76.1 cm³/mol. The van der Waals surface area contributed by atoms with Crippen LogP contribution in [0.1, 0.15) is 59.3 Å². The molecule has 18 heavy (non-hydrogen) atoms. The lowest BCUT2D eigenvalue weighted by Gasteiger charge is -2.57. The summed E-state index contributed by atoms with van der Waals surface area (Å²) in [5.41, 5.74) is 0.616. The van der Waals surface area contributed by atoms with Crippen LogP contribution < -0.4 is 5.32 Å². The zero-order valence-electron chi connectivity index (χ0n) is 12.2. The summed E-state index contributed by atoms with van der Waals surface area (Å²) >= 11 is 0. The van der Waals surface area contributed by atoms with E-state index < -0.39 is 0 Å². The van der Waals surface area contributed by atoms with Gasteiger partial charge in [0.05, 0.1) is 6.54 Å². The third kappa shape index (κ3) is 2.59. The molecule has 0 spiro atoms. The summed E-state index contributed by atoms with van der Waals surface area (Å²) in [6, 6.07) is 0. The van der Waals surface area contributed by atoms with Crippen molar-refractivity contribution < 1.29 is 0 Å². The van der Waals surface area contributed by atoms with E-state index in [0.29, 0.717) is 5.54 Å². The molecule has 4 aliphatic rings. The summed E-state index contributed by atoms with van der Waals surface area (Å²) in [6.07, 6.45) is 8.85. The number of hydrogen-bond donors (Lipinski definition) is 1. The van der Waals surface area contributed by atoms with Crippen LogP contribution in [-0.4, -0.2) is 12.1 Å². The third-order valence-corrected chi connectivity index (χ3v) is 5.05. The Balaban J connectivity index is 1.60. The van der Waals surface area contributed by atoms with Crippen LogP contribution in [0, 0.1) is 35.0 Å². The van der Waals surface area contributed by atoms with Crippen LogP contribution in [0.25, 0.3) is 0 Å². The van der Waals surface area contributed by atoms with Crippen molar-refractivity contribution in [3.05, 3.63) is 0 Å². The van der Waals surface area contributed by atoms with Crippen molar-refractivity contribution in [3.63, 3.8) is 0 Å². The van der Waals surface area contributed by atoms with Gasteiger partial charge in [0, 0.05) is 11.0 Å².